The van der Waals surface area contributed by atoms with Gasteiger partial charge < -0.3 is 0 Å². The normalized spacial score (nSPS) is 10.1. The third-order valence-corrected chi connectivity index (χ3v) is 2.49. The molecule has 0 aliphatic rings. The van der Waals surface area contributed by atoms with E-state index in [4.69, 9.17) is 0 Å². The molecule has 0 amide bonds. The molecule has 0 aromatic heterocycles. The third-order valence-electron chi connectivity index (χ3n) is 0.446. The fourth-order valence-electron chi connectivity index (χ4n) is 0.182. The predicted octanol–water partition coefficient (Wildman–Crippen LogP) is 3.09. The van der Waals surface area contributed by atoms with Gasteiger partial charge in [-0.05, 0) is 12.3 Å². The van der Waals surface area contributed by atoms with E-state index in [0.717, 1.165) is 5.75 Å². The van der Waals surface area contributed by atoms with Crippen LogP contribution in [0.25, 0.3) is 0 Å². The highest BCUT2D eigenvalue weighted by Gasteiger charge is 1.75. The molecule has 0 atom stereocenters. The second-order valence-electron chi connectivity index (χ2n) is 1.14. The quantitative estimate of drug-likeness (QED) is 0.339. The smallest absolute Gasteiger partial charge is 0.0218 e. The molecular formula is C6H10S2. The van der Waals surface area contributed by atoms with E-state index in [1.807, 2.05) is 19.1 Å². The van der Waals surface area contributed by atoms with Gasteiger partial charge in [-0.3, -0.25) is 0 Å². The topological polar surface area (TPSA) is 0 Å². The van der Waals surface area contributed by atoms with E-state index in [-0.39, 0.29) is 0 Å². The highest BCUT2D eigenvalue weighted by molar-refractivity contribution is 8.77. The lowest BCUT2D eigenvalue weighted by Crippen LogP contribution is -1.56. The van der Waals surface area contributed by atoms with Gasteiger partial charge in [0, 0.05) is 5.75 Å². The summed E-state index contributed by atoms with van der Waals surface area (Å²) < 4.78 is 0. The average molecular weight is 146 g/mol. The van der Waals surface area contributed by atoms with Gasteiger partial charge in [-0.15, -0.1) is 6.58 Å². The van der Waals surface area contributed by atoms with Crippen molar-refractivity contribution in [3.8, 4) is 0 Å². The van der Waals surface area contributed by atoms with Crippen LogP contribution in [0.1, 0.15) is 6.92 Å². The standard InChI is InChI=1S/C6H10S2/c1-3-5-7-8-6-4-2/h3-4,6H,1,5H2,2H3/b6-4+. The first-order valence-electron chi connectivity index (χ1n) is 2.42. The second kappa shape index (κ2) is 7.18. The second-order valence-corrected chi connectivity index (χ2v) is 3.46. The zero-order valence-electron chi connectivity index (χ0n) is 4.96. The van der Waals surface area contributed by atoms with Gasteiger partial charge in [0.25, 0.3) is 0 Å². The SMILES string of the molecule is C=CCSS/C=C/C. The molecule has 0 aliphatic heterocycles. The van der Waals surface area contributed by atoms with Crippen molar-refractivity contribution in [1.82, 2.24) is 0 Å². The van der Waals surface area contributed by atoms with Crippen molar-refractivity contribution >= 4 is 21.6 Å². The van der Waals surface area contributed by atoms with Crippen LogP contribution in [0, 0.1) is 0 Å². The molecule has 0 heterocycles. The molecule has 0 saturated carbocycles. The summed E-state index contributed by atoms with van der Waals surface area (Å²) in [6.07, 6.45) is 3.93. The maximum Gasteiger partial charge on any atom is 0.0218 e. The largest absolute Gasteiger partial charge is 0.102 e. The minimum absolute atomic E-state index is 1.02. The zero-order chi connectivity index (χ0) is 6.24. The summed E-state index contributed by atoms with van der Waals surface area (Å²) >= 11 is 0. The third kappa shape index (κ3) is 6.18. The summed E-state index contributed by atoms with van der Waals surface area (Å²) in [4.78, 5) is 0. The average Bonchev–Trinajstić information content (AvgIpc) is 1.81. The molecule has 0 nitrogen and oxygen atoms in total. The number of hydrogen-bond donors (Lipinski definition) is 0. The first kappa shape index (κ1) is 8.18. The first-order chi connectivity index (χ1) is 3.91. The monoisotopic (exact) mass is 146 g/mol. The Kier molecular flexibility index (Phi) is 7.34. The van der Waals surface area contributed by atoms with Crippen molar-refractivity contribution in [2.75, 3.05) is 5.75 Å². The van der Waals surface area contributed by atoms with E-state index in [0.29, 0.717) is 0 Å². The fourth-order valence-corrected chi connectivity index (χ4v) is 1.64. The maximum absolute atomic E-state index is 3.60. The lowest BCUT2D eigenvalue weighted by molar-refractivity contribution is 1.79. The van der Waals surface area contributed by atoms with Crippen molar-refractivity contribution in [3.63, 3.8) is 0 Å². The van der Waals surface area contributed by atoms with Gasteiger partial charge in [-0.25, -0.2) is 0 Å². The zero-order valence-corrected chi connectivity index (χ0v) is 6.60. The van der Waals surface area contributed by atoms with Crippen molar-refractivity contribution in [1.29, 1.82) is 0 Å². The molecule has 0 rings (SSSR count). The predicted molar refractivity (Wildman–Crippen MR) is 45.1 cm³/mol. The van der Waals surface area contributed by atoms with Crippen molar-refractivity contribution in [2.45, 2.75) is 6.92 Å². The van der Waals surface area contributed by atoms with Crippen molar-refractivity contribution in [3.05, 3.63) is 24.1 Å². The Morgan fingerprint density at radius 1 is 1.62 bits per heavy atom. The molecule has 0 radical (unpaired) electrons. The van der Waals surface area contributed by atoms with Crippen LogP contribution in [-0.2, 0) is 0 Å². The molecule has 0 aromatic rings. The maximum atomic E-state index is 3.60. The summed E-state index contributed by atoms with van der Waals surface area (Å²) in [5.41, 5.74) is 0. The van der Waals surface area contributed by atoms with Crippen LogP contribution in [-0.4, -0.2) is 5.75 Å². The number of hydrogen-bond acceptors (Lipinski definition) is 2. The highest BCUT2D eigenvalue weighted by atomic mass is 33.1. The molecular weight excluding hydrogens is 136 g/mol. The number of rotatable bonds is 4. The molecule has 0 spiro atoms. The van der Waals surface area contributed by atoms with Gasteiger partial charge >= 0.3 is 0 Å². The summed E-state index contributed by atoms with van der Waals surface area (Å²) in [5.74, 6) is 1.02. The molecule has 0 N–H and O–H groups in total. The van der Waals surface area contributed by atoms with Crippen molar-refractivity contribution < 1.29 is 0 Å². The molecule has 0 aromatic carbocycles. The van der Waals surface area contributed by atoms with Crippen LogP contribution in [0.3, 0.4) is 0 Å². The van der Waals surface area contributed by atoms with E-state index in [9.17, 15) is 0 Å². The van der Waals surface area contributed by atoms with Gasteiger partial charge in [0.2, 0.25) is 0 Å². The van der Waals surface area contributed by atoms with Gasteiger partial charge in [0.05, 0.1) is 0 Å². The van der Waals surface area contributed by atoms with Gasteiger partial charge in [-0.1, -0.05) is 33.7 Å². The molecule has 0 saturated heterocycles. The lowest BCUT2D eigenvalue weighted by Gasteiger charge is -1.85. The summed E-state index contributed by atoms with van der Waals surface area (Å²) in [6.45, 7) is 5.62. The van der Waals surface area contributed by atoms with Gasteiger partial charge in [-0.2, -0.15) is 0 Å². The van der Waals surface area contributed by atoms with E-state index < -0.39 is 0 Å². The Balaban J connectivity index is 2.82. The van der Waals surface area contributed by atoms with Crippen LogP contribution in [0.2, 0.25) is 0 Å². The minimum Gasteiger partial charge on any atom is -0.102 e. The molecule has 8 heavy (non-hydrogen) atoms. The van der Waals surface area contributed by atoms with Crippen molar-refractivity contribution in [2.24, 2.45) is 0 Å². The van der Waals surface area contributed by atoms with Crippen LogP contribution >= 0.6 is 21.6 Å². The lowest BCUT2D eigenvalue weighted by atomic mass is 10.8. The summed E-state index contributed by atoms with van der Waals surface area (Å²) in [6, 6.07) is 0. The highest BCUT2D eigenvalue weighted by Crippen LogP contribution is 2.21. The molecule has 46 valence electrons. The molecule has 0 unspecified atom stereocenters. The van der Waals surface area contributed by atoms with Crippen LogP contribution in [0.5, 0.6) is 0 Å². The minimum atomic E-state index is 1.02. The number of allylic oxidation sites excluding steroid dienone is 1. The van der Waals surface area contributed by atoms with E-state index in [2.05, 4.69) is 12.0 Å². The van der Waals surface area contributed by atoms with E-state index in [1.165, 1.54) is 0 Å². The van der Waals surface area contributed by atoms with Gasteiger partial charge in [0.15, 0.2) is 0 Å². The van der Waals surface area contributed by atoms with Gasteiger partial charge in [0.1, 0.15) is 0 Å². The van der Waals surface area contributed by atoms with Crippen LogP contribution in [0.15, 0.2) is 24.1 Å². The van der Waals surface area contributed by atoms with E-state index >= 15 is 0 Å². The summed E-state index contributed by atoms with van der Waals surface area (Å²) in [7, 11) is 3.53. The Morgan fingerprint density at radius 3 is 2.88 bits per heavy atom. The Labute approximate surface area is 58.8 Å². The molecule has 2 heteroatoms. The summed E-state index contributed by atoms with van der Waals surface area (Å²) in [5, 5.41) is 2.06. The van der Waals surface area contributed by atoms with E-state index in [1.54, 1.807) is 21.6 Å². The molecule has 0 aliphatic carbocycles. The van der Waals surface area contributed by atoms with Crippen LogP contribution in [0.4, 0.5) is 0 Å². The Morgan fingerprint density at radius 2 is 2.38 bits per heavy atom. The Bertz CT molecular complexity index is 76.6. The molecule has 0 fully saturated rings. The van der Waals surface area contributed by atoms with Crippen LogP contribution < -0.4 is 0 Å². The molecule has 0 bridgehead atoms. The first-order valence-corrected chi connectivity index (χ1v) is 4.80. The fraction of sp³-hybridized carbons (Fsp3) is 0.333. The Hall–Kier alpha value is 0.180.